The second kappa shape index (κ2) is 5.11. The van der Waals surface area contributed by atoms with Crippen LogP contribution in [0.3, 0.4) is 0 Å². The van der Waals surface area contributed by atoms with Crippen LogP contribution in [0.15, 0.2) is 4.73 Å². The Bertz CT molecular complexity index is 442. The minimum absolute atomic E-state index is 0.720. The molecule has 2 aliphatic rings. The van der Waals surface area contributed by atoms with Crippen molar-refractivity contribution in [2.75, 3.05) is 44.7 Å². The monoisotopic (exact) mass is 311 g/mol. The van der Waals surface area contributed by atoms with Crippen molar-refractivity contribution in [2.45, 2.75) is 13.0 Å². The van der Waals surface area contributed by atoms with E-state index in [1.807, 2.05) is 0 Å². The molecule has 1 saturated heterocycles. The van der Waals surface area contributed by atoms with E-state index in [4.69, 9.17) is 0 Å². The third-order valence-corrected chi connectivity index (χ3v) is 4.04. The van der Waals surface area contributed by atoms with Crippen LogP contribution in [-0.2, 0) is 13.0 Å². The first-order valence-electron chi connectivity index (χ1n) is 6.43. The predicted molar refractivity (Wildman–Crippen MR) is 74.9 cm³/mol. The van der Waals surface area contributed by atoms with E-state index >= 15 is 0 Å². The summed E-state index contributed by atoms with van der Waals surface area (Å²) in [5, 5.41) is 3.42. The Morgan fingerprint density at radius 3 is 2.72 bits per heavy atom. The van der Waals surface area contributed by atoms with Crippen molar-refractivity contribution in [1.29, 1.82) is 0 Å². The van der Waals surface area contributed by atoms with Gasteiger partial charge >= 0.3 is 0 Å². The fourth-order valence-corrected chi connectivity index (χ4v) is 2.96. The SMILES string of the molecule is CN1CCN(c2nc(Br)nc3c2CNCC3)CC1. The summed E-state index contributed by atoms with van der Waals surface area (Å²) in [5.41, 5.74) is 2.48. The standard InChI is InChI=1S/C12H18BrN5/c1-17-4-6-18(7-5-17)11-9-8-14-3-2-10(9)15-12(13)16-11/h14H,2-8H2,1H3. The molecule has 18 heavy (non-hydrogen) atoms. The number of hydrogen-bond donors (Lipinski definition) is 1. The normalized spacial score (nSPS) is 20.9. The summed E-state index contributed by atoms with van der Waals surface area (Å²) in [4.78, 5) is 13.9. The number of nitrogens with zero attached hydrogens (tertiary/aromatic N) is 4. The molecule has 1 aromatic rings. The number of halogens is 1. The highest BCUT2D eigenvalue weighted by Gasteiger charge is 2.23. The van der Waals surface area contributed by atoms with Crippen molar-refractivity contribution in [2.24, 2.45) is 0 Å². The molecular formula is C12H18BrN5. The molecule has 0 atom stereocenters. The zero-order chi connectivity index (χ0) is 12.5. The maximum absolute atomic E-state index is 4.61. The van der Waals surface area contributed by atoms with Crippen LogP contribution >= 0.6 is 15.9 Å². The number of fused-ring (bicyclic) bond motifs is 1. The van der Waals surface area contributed by atoms with Gasteiger partial charge in [0.1, 0.15) is 5.82 Å². The van der Waals surface area contributed by atoms with Gasteiger partial charge in [-0.05, 0) is 23.0 Å². The number of nitrogens with one attached hydrogen (secondary N) is 1. The summed E-state index contributed by atoms with van der Waals surface area (Å²) < 4.78 is 0.720. The van der Waals surface area contributed by atoms with Crippen LogP contribution in [0.2, 0.25) is 0 Å². The Hall–Kier alpha value is -0.720. The quantitative estimate of drug-likeness (QED) is 0.771. The smallest absolute Gasteiger partial charge is 0.198 e. The third-order valence-electron chi connectivity index (χ3n) is 3.69. The molecule has 5 nitrogen and oxygen atoms in total. The fourth-order valence-electron chi connectivity index (χ4n) is 2.58. The number of anilines is 1. The van der Waals surface area contributed by atoms with Gasteiger partial charge in [0.2, 0.25) is 0 Å². The first-order chi connectivity index (χ1) is 8.74. The number of hydrogen-bond acceptors (Lipinski definition) is 5. The molecule has 98 valence electrons. The van der Waals surface area contributed by atoms with E-state index in [0.29, 0.717) is 0 Å². The van der Waals surface area contributed by atoms with Crippen molar-refractivity contribution >= 4 is 21.7 Å². The number of piperazine rings is 1. The summed E-state index contributed by atoms with van der Waals surface area (Å²) in [6, 6.07) is 0. The Balaban J connectivity index is 1.93. The molecule has 6 heteroatoms. The molecule has 0 saturated carbocycles. The van der Waals surface area contributed by atoms with Crippen molar-refractivity contribution < 1.29 is 0 Å². The minimum atomic E-state index is 0.720. The van der Waals surface area contributed by atoms with E-state index in [2.05, 4.69) is 48.1 Å². The molecule has 0 bridgehead atoms. The Morgan fingerprint density at radius 2 is 1.94 bits per heavy atom. The molecule has 1 aromatic heterocycles. The van der Waals surface area contributed by atoms with Gasteiger partial charge in [-0.3, -0.25) is 0 Å². The first-order valence-corrected chi connectivity index (χ1v) is 7.23. The molecule has 1 N–H and O–H groups in total. The first kappa shape index (κ1) is 12.3. The van der Waals surface area contributed by atoms with Gasteiger partial charge in [0.15, 0.2) is 4.73 Å². The molecule has 0 unspecified atom stereocenters. The van der Waals surface area contributed by atoms with Gasteiger partial charge in [-0.2, -0.15) is 0 Å². The van der Waals surface area contributed by atoms with Crippen molar-refractivity contribution in [3.8, 4) is 0 Å². The van der Waals surface area contributed by atoms with Gasteiger partial charge in [-0.15, -0.1) is 0 Å². The van der Waals surface area contributed by atoms with Crippen LogP contribution in [0.5, 0.6) is 0 Å². The Kier molecular flexibility index (Phi) is 3.50. The molecule has 0 amide bonds. The predicted octanol–water partition coefficient (Wildman–Crippen LogP) is 0.637. The summed E-state index contributed by atoms with van der Waals surface area (Å²) >= 11 is 3.44. The van der Waals surface area contributed by atoms with Gasteiger partial charge < -0.3 is 15.1 Å². The number of likely N-dealkylation sites (N-methyl/N-ethyl adjacent to an activating group) is 1. The largest absolute Gasteiger partial charge is 0.354 e. The molecular weight excluding hydrogens is 294 g/mol. The summed E-state index contributed by atoms with van der Waals surface area (Å²) in [6.45, 7) is 6.20. The highest BCUT2D eigenvalue weighted by atomic mass is 79.9. The van der Waals surface area contributed by atoms with Gasteiger partial charge in [-0.1, -0.05) is 0 Å². The highest BCUT2D eigenvalue weighted by Crippen LogP contribution is 2.25. The van der Waals surface area contributed by atoms with E-state index < -0.39 is 0 Å². The van der Waals surface area contributed by atoms with Crippen molar-refractivity contribution in [1.82, 2.24) is 20.2 Å². The number of aromatic nitrogens is 2. The van der Waals surface area contributed by atoms with Crippen LogP contribution in [0, 0.1) is 0 Å². The Morgan fingerprint density at radius 1 is 1.17 bits per heavy atom. The maximum Gasteiger partial charge on any atom is 0.198 e. The van der Waals surface area contributed by atoms with Crippen molar-refractivity contribution in [3.05, 3.63) is 16.0 Å². The summed E-state index contributed by atoms with van der Waals surface area (Å²) in [7, 11) is 2.17. The molecule has 0 aromatic carbocycles. The van der Waals surface area contributed by atoms with E-state index in [-0.39, 0.29) is 0 Å². The van der Waals surface area contributed by atoms with Crippen LogP contribution in [0.25, 0.3) is 0 Å². The zero-order valence-corrected chi connectivity index (χ0v) is 12.2. The second-order valence-electron chi connectivity index (χ2n) is 4.96. The average Bonchev–Trinajstić information content (AvgIpc) is 2.38. The fraction of sp³-hybridized carbons (Fsp3) is 0.667. The third kappa shape index (κ3) is 2.37. The van der Waals surface area contributed by atoms with Crippen molar-refractivity contribution in [3.63, 3.8) is 0 Å². The van der Waals surface area contributed by atoms with Gasteiger partial charge in [0, 0.05) is 51.3 Å². The molecule has 3 heterocycles. The highest BCUT2D eigenvalue weighted by molar-refractivity contribution is 9.10. The van der Waals surface area contributed by atoms with Crippen LogP contribution in [0.4, 0.5) is 5.82 Å². The molecule has 3 rings (SSSR count). The lowest BCUT2D eigenvalue weighted by atomic mass is 10.1. The van der Waals surface area contributed by atoms with E-state index in [1.165, 1.54) is 11.3 Å². The van der Waals surface area contributed by atoms with Gasteiger partial charge in [-0.25, -0.2) is 9.97 Å². The molecule has 1 fully saturated rings. The average molecular weight is 312 g/mol. The Labute approximate surface area is 116 Å². The lowest BCUT2D eigenvalue weighted by Crippen LogP contribution is -2.45. The van der Waals surface area contributed by atoms with Crippen LogP contribution in [0.1, 0.15) is 11.3 Å². The molecule has 0 spiro atoms. The maximum atomic E-state index is 4.61. The topological polar surface area (TPSA) is 44.3 Å². The lowest BCUT2D eigenvalue weighted by Gasteiger charge is -2.35. The van der Waals surface area contributed by atoms with E-state index in [0.717, 1.165) is 56.2 Å². The second-order valence-corrected chi connectivity index (χ2v) is 5.67. The van der Waals surface area contributed by atoms with Gasteiger partial charge in [0.25, 0.3) is 0 Å². The zero-order valence-electron chi connectivity index (χ0n) is 10.6. The molecule has 0 aliphatic carbocycles. The van der Waals surface area contributed by atoms with E-state index in [9.17, 15) is 0 Å². The molecule has 0 radical (unpaired) electrons. The van der Waals surface area contributed by atoms with Crippen LogP contribution in [-0.4, -0.2) is 54.6 Å². The van der Waals surface area contributed by atoms with Gasteiger partial charge in [0.05, 0.1) is 5.69 Å². The van der Waals surface area contributed by atoms with Crippen LogP contribution < -0.4 is 10.2 Å². The molecule has 2 aliphatic heterocycles. The lowest BCUT2D eigenvalue weighted by molar-refractivity contribution is 0.311. The number of rotatable bonds is 1. The van der Waals surface area contributed by atoms with E-state index in [1.54, 1.807) is 0 Å². The summed E-state index contributed by atoms with van der Waals surface area (Å²) in [5.74, 6) is 1.12. The minimum Gasteiger partial charge on any atom is -0.354 e. The summed E-state index contributed by atoms with van der Waals surface area (Å²) in [6.07, 6.45) is 0.997.